The average Bonchev–Trinajstić information content (AvgIpc) is 2.50. The second-order valence-electron chi connectivity index (χ2n) is 6.32. The minimum atomic E-state index is 0.282. The number of fused-ring (bicyclic) bond motifs is 1. The summed E-state index contributed by atoms with van der Waals surface area (Å²) < 4.78 is 5.73. The average molecular weight is 272 g/mol. The number of rotatable bonds is 3. The van der Waals surface area contributed by atoms with E-state index in [0.29, 0.717) is 11.7 Å². The van der Waals surface area contributed by atoms with Crippen LogP contribution in [-0.4, -0.2) is 12.4 Å². The van der Waals surface area contributed by atoms with Crippen molar-refractivity contribution < 1.29 is 9.53 Å². The third-order valence-corrected chi connectivity index (χ3v) is 5.10. The molecule has 108 valence electrons. The van der Waals surface area contributed by atoms with Crippen molar-refractivity contribution in [3.8, 4) is 5.75 Å². The minimum Gasteiger partial charge on any atom is -0.493 e. The first-order valence-electron chi connectivity index (χ1n) is 8.02. The van der Waals surface area contributed by atoms with Crippen molar-refractivity contribution >= 4 is 5.78 Å². The number of hydrogen-bond donors (Lipinski definition) is 0. The van der Waals surface area contributed by atoms with Crippen molar-refractivity contribution in [3.05, 3.63) is 29.8 Å². The Hall–Kier alpha value is -1.31. The Morgan fingerprint density at radius 2 is 2.05 bits per heavy atom. The lowest BCUT2D eigenvalue weighted by atomic mass is 9.73. The van der Waals surface area contributed by atoms with Crippen molar-refractivity contribution in [2.75, 3.05) is 6.61 Å². The van der Waals surface area contributed by atoms with E-state index in [1.54, 1.807) is 0 Å². The highest BCUT2D eigenvalue weighted by Gasteiger charge is 2.32. The smallest absolute Gasteiger partial charge is 0.136 e. The molecule has 2 nitrogen and oxygen atoms in total. The van der Waals surface area contributed by atoms with Crippen LogP contribution in [0, 0.1) is 11.8 Å². The molecule has 1 aromatic rings. The Kier molecular flexibility index (Phi) is 4.09. The molecule has 0 radical (unpaired) electrons. The van der Waals surface area contributed by atoms with Crippen LogP contribution in [0.2, 0.25) is 0 Å². The first-order valence-corrected chi connectivity index (χ1v) is 8.02. The molecule has 1 aliphatic heterocycles. The maximum atomic E-state index is 12.2. The van der Waals surface area contributed by atoms with Gasteiger partial charge in [-0.05, 0) is 49.1 Å². The molecule has 0 spiro atoms. The molecule has 1 heterocycles. The first-order chi connectivity index (χ1) is 9.78. The van der Waals surface area contributed by atoms with Gasteiger partial charge in [-0.3, -0.25) is 4.79 Å². The highest BCUT2D eigenvalue weighted by atomic mass is 16.5. The normalized spacial score (nSPS) is 29.6. The minimum absolute atomic E-state index is 0.282. The topological polar surface area (TPSA) is 26.3 Å². The molecule has 2 heteroatoms. The lowest BCUT2D eigenvalue weighted by Crippen LogP contribution is -2.27. The predicted molar refractivity (Wildman–Crippen MR) is 80.0 cm³/mol. The van der Waals surface area contributed by atoms with Crippen molar-refractivity contribution in [2.24, 2.45) is 11.8 Å². The van der Waals surface area contributed by atoms with Crippen LogP contribution in [0.25, 0.3) is 0 Å². The summed E-state index contributed by atoms with van der Waals surface area (Å²) in [5.41, 5.74) is 1.31. The molecule has 3 unspecified atom stereocenters. The summed E-state index contributed by atoms with van der Waals surface area (Å²) in [4.78, 5) is 12.2. The fourth-order valence-electron chi connectivity index (χ4n) is 3.80. The van der Waals surface area contributed by atoms with Gasteiger partial charge in [0.2, 0.25) is 0 Å². The van der Waals surface area contributed by atoms with Crippen LogP contribution in [0.1, 0.15) is 56.9 Å². The predicted octanol–water partition coefficient (Wildman–Crippen LogP) is 4.34. The molecular formula is C18H24O2. The summed E-state index contributed by atoms with van der Waals surface area (Å²) in [6, 6.07) is 8.33. The first kappa shape index (κ1) is 13.7. The zero-order valence-corrected chi connectivity index (χ0v) is 12.3. The summed E-state index contributed by atoms with van der Waals surface area (Å²) >= 11 is 0. The van der Waals surface area contributed by atoms with E-state index in [0.717, 1.165) is 50.4 Å². The molecular weight excluding hydrogens is 248 g/mol. The van der Waals surface area contributed by atoms with Gasteiger partial charge in [-0.15, -0.1) is 0 Å². The van der Waals surface area contributed by atoms with Crippen molar-refractivity contribution in [2.45, 2.75) is 51.4 Å². The molecule has 3 atom stereocenters. The van der Waals surface area contributed by atoms with Gasteiger partial charge in [-0.2, -0.15) is 0 Å². The van der Waals surface area contributed by atoms with Gasteiger partial charge in [0.1, 0.15) is 11.5 Å². The van der Waals surface area contributed by atoms with Gasteiger partial charge in [-0.1, -0.05) is 31.5 Å². The summed E-state index contributed by atoms with van der Waals surface area (Å²) in [5, 5.41) is 0. The van der Waals surface area contributed by atoms with E-state index in [2.05, 4.69) is 25.1 Å². The van der Waals surface area contributed by atoms with Crippen LogP contribution >= 0.6 is 0 Å². The van der Waals surface area contributed by atoms with E-state index in [1.807, 2.05) is 6.07 Å². The van der Waals surface area contributed by atoms with Gasteiger partial charge in [0.05, 0.1) is 6.61 Å². The van der Waals surface area contributed by atoms with Gasteiger partial charge in [0.15, 0.2) is 0 Å². The lowest BCUT2D eigenvalue weighted by Gasteiger charge is -2.32. The maximum absolute atomic E-state index is 12.2. The molecule has 0 aromatic heterocycles. The third kappa shape index (κ3) is 2.74. The van der Waals surface area contributed by atoms with E-state index >= 15 is 0 Å². The molecule has 3 rings (SSSR count). The van der Waals surface area contributed by atoms with E-state index in [4.69, 9.17) is 4.74 Å². The van der Waals surface area contributed by atoms with Crippen LogP contribution < -0.4 is 4.74 Å². The van der Waals surface area contributed by atoms with E-state index in [1.165, 1.54) is 12.0 Å². The van der Waals surface area contributed by atoms with Crippen LogP contribution in [0.4, 0.5) is 0 Å². The second kappa shape index (κ2) is 5.99. The number of hydrogen-bond acceptors (Lipinski definition) is 2. The van der Waals surface area contributed by atoms with Crippen LogP contribution in [0.15, 0.2) is 24.3 Å². The van der Waals surface area contributed by atoms with E-state index < -0.39 is 0 Å². The summed E-state index contributed by atoms with van der Waals surface area (Å²) in [7, 11) is 0. The zero-order chi connectivity index (χ0) is 13.9. The molecule has 0 bridgehead atoms. The number of benzene rings is 1. The number of para-hydroxylation sites is 1. The van der Waals surface area contributed by atoms with Gasteiger partial charge in [0.25, 0.3) is 0 Å². The highest BCUT2D eigenvalue weighted by Crippen LogP contribution is 2.41. The monoisotopic (exact) mass is 272 g/mol. The summed E-state index contributed by atoms with van der Waals surface area (Å²) in [5.74, 6) is 3.07. The Morgan fingerprint density at radius 3 is 2.90 bits per heavy atom. The fourth-order valence-corrected chi connectivity index (χ4v) is 3.80. The SMILES string of the molecule is CCC1CCC(=O)C(CC2CCOc3ccccc32)C1. The Labute approximate surface area is 121 Å². The second-order valence-corrected chi connectivity index (χ2v) is 6.32. The number of carbonyl (C=O) groups is 1. The molecule has 1 aromatic carbocycles. The molecule has 0 amide bonds. The van der Waals surface area contributed by atoms with Crippen LogP contribution in [0.3, 0.4) is 0 Å². The summed E-state index contributed by atoms with van der Waals surface area (Å²) in [6.07, 6.45) is 6.31. The van der Waals surface area contributed by atoms with Crippen LogP contribution in [0.5, 0.6) is 5.75 Å². The zero-order valence-electron chi connectivity index (χ0n) is 12.3. The Balaban J connectivity index is 1.73. The lowest BCUT2D eigenvalue weighted by molar-refractivity contribution is -0.126. The molecule has 1 saturated carbocycles. The fraction of sp³-hybridized carbons (Fsp3) is 0.611. The van der Waals surface area contributed by atoms with Crippen molar-refractivity contribution in [3.63, 3.8) is 0 Å². The van der Waals surface area contributed by atoms with Crippen molar-refractivity contribution in [1.82, 2.24) is 0 Å². The largest absolute Gasteiger partial charge is 0.493 e. The molecule has 0 saturated heterocycles. The van der Waals surface area contributed by atoms with Gasteiger partial charge < -0.3 is 4.74 Å². The molecule has 0 N–H and O–H groups in total. The number of Topliss-reactive ketones (excluding diaryl/α,β-unsaturated/α-hetero) is 1. The van der Waals surface area contributed by atoms with E-state index in [-0.39, 0.29) is 5.92 Å². The van der Waals surface area contributed by atoms with Gasteiger partial charge >= 0.3 is 0 Å². The van der Waals surface area contributed by atoms with Crippen molar-refractivity contribution in [1.29, 1.82) is 0 Å². The Bertz CT molecular complexity index is 480. The molecule has 20 heavy (non-hydrogen) atoms. The third-order valence-electron chi connectivity index (χ3n) is 5.10. The van der Waals surface area contributed by atoms with Gasteiger partial charge in [-0.25, -0.2) is 0 Å². The van der Waals surface area contributed by atoms with E-state index in [9.17, 15) is 4.79 Å². The Morgan fingerprint density at radius 1 is 1.20 bits per heavy atom. The number of carbonyl (C=O) groups excluding carboxylic acids is 1. The highest BCUT2D eigenvalue weighted by molar-refractivity contribution is 5.81. The van der Waals surface area contributed by atoms with Crippen LogP contribution in [-0.2, 0) is 4.79 Å². The number of ketones is 1. The quantitative estimate of drug-likeness (QED) is 0.818. The standard InChI is InChI=1S/C18H24O2/c1-2-13-7-8-17(19)15(11-13)12-14-9-10-20-18-6-4-3-5-16(14)18/h3-6,13-15H,2,7-12H2,1H3. The molecule has 2 aliphatic rings. The summed E-state index contributed by atoms with van der Waals surface area (Å²) in [6.45, 7) is 3.04. The van der Waals surface area contributed by atoms with Gasteiger partial charge in [0, 0.05) is 12.3 Å². The molecule has 1 aliphatic carbocycles. The molecule has 1 fully saturated rings. The maximum Gasteiger partial charge on any atom is 0.136 e. The number of ether oxygens (including phenoxy) is 1.